The number of aromatic hydroxyl groups is 1. The van der Waals surface area contributed by atoms with Gasteiger partial charge in [0.25, 0.3) is 0 Å². The van der Waals surface area contributed by atoms with E-state index in [1.54, 1.807) is 26.0 Å². The molecule has 220 valence electrons. The average Bonchev–Trinajstić information content (AvgIpc) is 2.93. The summed E-state index contributed by atoms with van der Waals surface area (Å²) in [5, 5.41) is 35.8. The van der Waals surface area contributed by atoms with E-state index in [1.165, 1.54) is 6.92 Å². The second kappa shape index (κ2) is 9.63. The van der Waals surface area contributed by atoms with Crippen LogP contribution in [0, 0.1) is 28.6 Å². The minimum absolute atomic E-state index is 0.0761. The van der Waals surface area contributed by atoms with E-state index in [9.17, 15) is 29.7 Å². The molecule has 42 heavy (non-hydrogen) atoms. The summed E-state index contributed by atoms with van der Waals surface area (Å²) in [5.41, 5.74) is -2.28. The van der Waals surface area contributed by atoms with Crippen LogP contribution >= 0.6 is 0 Å². The van der Waals surface area contributed by atoms with Crippen molar-refractivity contribution in [3.63, 3.8) is 0 Å². The number of ketones is 3. The van der Waals surface area contributed by atoms with Crippen molar-refractivity contribution in [3.8, 4) is 5.75 Å². The standard InChI is InChI=1S/C36H40O6/c1-18(2)28-19(3)26(21(5)37)32(40)36(42)33(41)29-31(39)27-25(20(4)34(29,7)22(6)35(28,36)8)17-16-24(30(27)38)15-14-23-12-10-9-11-13-23/h9-18,20,22,28,38-39,42H,1-8H3/b15-14+/t20-,22-,28+,34-,35-,36+/m0/s1. The number of Topliss-reactive ketones (excluding diaryl/α,β-unsaturated/α-hetero) is 3. The number of benzene rings is 2. The predicted octanol–water partition coefficient (Wildman–Crippen LogP) is 6.67. The Morgan fingerprint density at radius 1 is 0.952 bits per heavy atom. The maximum absolute atomic E-state index is 14.7. The molecule has 0 spiro atoms. The molecule has 2 aromatic rings. The molecule has 0 radical (unpaired) electrons. The normalized spacial score (nSPS) is 32.8. The van der Waals surface area contributed by atoms with Gasteiger partial charge in [0, 0.05) is 22.0 Å². The lowest BCUT2D eigenvalue weighted by Crippen LogP contribution is -2.74. The summed E-state index contributed by atoms with van der Waals surface area (Å²) in [5.74, 6) is -4.33. The Labute approximate surface area is 247 Å². The second-order valence-electron chi connectivity index (χ2n) is 13.1. The van der Waals surface area contributed by atoms with Crippen LogP contribution in [-0.4, -0.2) is 38.3 Å². The molecule has 2 aromatic carbocycles. The molecule has 5 rings (SSSR count). The Balaban J connectivity index is 1.79. The van der Waals surface area contributed by atoms with Crippen LogP contribution in [0.1, 0.15) is 83.6 Å². The number of hydrogen-bond donors (Lipinski definition) is 3. The fourth-order valence-electron chi connectivity index (χ4n) is 8.78. The summed E-state index contributed by atoms with van der Waals surface area (Å²) in [7, 11) is 0. The first kappa shape index (κ1) is 29.7. The molecule has 0 amide bonds. The van der Waals surface area contributed by atoms with E-state index < -0.39 is 51.4 Å². The van der Waals surface area contributed by atoms with Crippen LogP contribution < -0.4 is 0 Å². The zero-order chi connectivity index (χ0) is 31.1. The van der Waals surface area contributed by atoms with E-state index in [0.29, 0.717) is 16.7 Å². The smallest absolute Gasteiger partial charge is 0.206 e. The summed E-state index contributed by atoms with van der Waals surface area (Å²) in [6.07, 6.45) is 3.58. The van der Waals surface area contributed by atoms with Gasteiger partial charge in [-0.05, 0) is 48.6 Å². The highest BCUT2D eigenvalue weighted by atomic mass is 16.3. The van der Waals surface area contributed by atoms with Gasteiger partial charge in [-0.3, -0.25) is 14.4 Å². The van der Waals surface area contributed by atoms with Crippen molar-refractivity contribution < 1.29 is 29.7 Å². The SMILES string of the molecule is CC(=O)C1=C(C)[C@@H](C(C)C)[C@]2(C)[C@@H](C)[C@@]3(C)C(=C(O)c4c(ccc(/C=C/c5ccccc5)c4O)[C@@H]3C)C(=O)[C@]2(O)C1=O. The van der Waals surface area contributed by atoms with Gasteiger partial charge in [0.2, 0.25) is 11.6 Å². The zero-order valence-electron chi connectivity index (χ0n) is 25.6. The summed E-state index contributed by atoms with van der Waals surface area (Å²) < 4.78 is 0. The molecule has 0 heterocycles. The van der Waals surface area contributed by atoms with Crippen molar-refractivity contribution in [3.05, 3.63) is 81.4 Å². The highest BCUT2D eigenvalue weighted by Gasteiger charge is 2.75. The first-order valence-corrected chi connectivity index (χ1v) is 14.6. The van der Waals surface area contributed by atoms with Crippen LogP contribution in [0.25, 0.3) is 17.9 Å². The van der Waals surface area contributed by atoms with Gasteiger partial charge in [0.15, 0.2) is 11.4 Å². The number of carbonyl (C=O) groups excluding carboxylic acids is 3. The molecular weight excluding hydrogens is 528 g/mol. The van der Waals surface area contributed by atoms with Crippen LogP contribution in [0.15, 0.2) is 59.2 Å². The van der Waals surface area contributed by atoms with Crippen molar-refractivity contribution in [2.24, 2.45) is 28.6 Å². The number of hydrogen-bond acceptors (Lipinski definition) is 6. The quantitative estimate of drug-likeness (QED) is 0.216. The van der Waals surface area contributed by atoms with E-state index in [1.807, 2.05) is 77.1 Å². The number of aliphatic hydroxyl groups is 2. The van der Waals surface area contributed by atoms with E-state index in [0.717, 1.165) is 5.56 Å². The monoisotopic (exact) mass is 568 g/mol. The molecule has 1 saturated carbocycles. The van der Waals surface area contributed by atoms with Crippen LogP contribution in [0.5, 0.6) is 5.75 Å². The fraction of sp³-hybridized carbons (Fsp3) is 0.417. The number of allylic oxidation sites excluding steroid dienone is 1. The van der Waals surface area contributed by atoms with E-state index in [4.69, 9.17) is 0 Å². The lowest BCUT2D eigenvalue weighted by Gasteiger charge is -2.65. The molecule has 1 fully saturated rings. The molecule has 0 aliphatic heterocycles. The Morgan fingerprint density at radius 2 is 1.57 bits per heavy atom. The minimum Gasteiger partial charge on any atom is -0.507 e. The molecule has 0 aromatic heterocycles. The minimum atomic E-state index is -2.57. The summed E-state index contributed by atoms with van der Waals surface area (Å²) >= 11 is 0. The molecule has 6 heteroatoms. The fourth-order valence-corrected chi connectivity index (χ4v) is 8.78. The topological polar surface area (TPSA) is 112 Å². The van der Waals surface area contributed by atoms with Gasteiger partial charge in [-0.15, -0.1) is 0 Å². The number of aliphatic hydroxyl groups excluding tert-OH is 1. The largest absolute Gasteiger partial charge is 0.507 e. The van der Waals surface area contributed by atoms with Crippen molar-refractivity contribution in [1.29, 1.82) is 0 Å². The summed E-state index contributed by atoms with van der Waals surface area (Å²) in [4.78, 5) is 41.6. The van der Waals surface area contributed by atoms with Crippen molar-refractivity contribution in [2.75, 3.05) is 0 Å². The Morgan fingerprint density at radius 3 is 2.14 bits per heavy atom. The van der Waals surface area contributed by atoms with Gasteiger partial charge < -0.3 is 15.3 Å². The van der Waals surface area contributed by atoms with Crippen LogP contribution in [0.4, 0.5) is 0 Å². The van der Waals surface area contributed by atoms with Gasteiger partial charge in [0.1, 0.15) is 11.5 Å². The molecule has 0 bridgehead atoms. The third kappa shape index (κ3) is 3.51. The average molecular weight is 569 g/mol. The molecule has 3 aliphatic rings. The molecule has 0 unspecified atom stereocenters. The molecule has 3 N–H and O–H groups in total. The van der Waals surface area contributed by atoms with Crippen LogP contribution in [0.2, 0.25) is 0 Å². The van der Waals surface area contributed by atoms with Crippen molar-refractivity contribution in [1.82, 2.24) is 0 Å². The lowest BCUT2D eigenvalue weighted by atomic mass is 9.37. The molecule has 0 saturated heterocycles. The zero-order valence-corrected chi connectivity index (χ0v) is 25.6. The first-order chi connectivity index (χ1) is 19.6. The van der Waals surface area contributed by atoms with Gasteiger partial charge in [-0.25, -0.2) is 0 Å². The van der Waals surface area contributed by atoms with Crippen LogP contribution in [0.3, 0.4) is 0 Å². The maximum Gasteiger partial charge on any atom is 0.206 e. The van der Waals surface area contributed by atoms with Crippen molar-refractivity contribution >= 4 is 35.3 Å². The number of carbonyl (C=O) groups is 3. The third-order valence-corrected chi connectivity index (χ3v) is 11.1. The van der Waals surface area contributed by atoms with E-state index in [2.05, 4.69) is 0 Å². The van der Waals surface area contributed by atoms with Crippen molar-refractivity contribution in [2.45, 2.75) is 66.9 Å². The maximum atomic E-state index is 14.7. The molecule has 3 aliphatic carbocycles. The molecular formula is C36H40O6. The Bertz CT molecular complexity index is 1630. The lowest BCUT2D eigenvalue weighted by molar-refractivity contribution is -0.194. The molecule has 6 atom stereocenters. The highest BCUT2D eigenvalue weighted by Crippen LogP contribution is 2.70. The summed E-state index contributed by atoms with van der Waals surface area (Å²) in [6, 6.07) is 13.2. The Kier molecular flexibility index (Phi) is 6.81. The second-order valence-corrected chi connectivity index (χ2v) is 13.1. The first-order valence-electron chi connectivity index (χ1n) is 14.6. The van der Waals surface area contributed by atoms with Crippen LogP contribution in [-0.2, 0) is 14.4 Å². The number of phenolic OH excluding ortho intramolecular Hbond substituents is 1. The van der Waals surface area contributed by atoms with Gasteiger partial charge in [0.05, 0.1) is 11.1 Å². The highest BCUT2D eigenvalue weighted by molar-refractivity contribution is 6.33. The predicted molar refractivity (Wildman–Crippen MR) is 163 cm³/mol. The number of fused-ring (bicyclic) bond motifs is 3. The van der Waals surface area contributed by atoms with E-state index >= 15 is 0 Å². The van der Waals surface area contributed by atoms with Gasteiger partial charge in [-0.2, -0.15) is 0 Å². The third-order valence-electron chi connectivity index (χ3n) is 11.1. The van der Waals surface area contributed by atoms with E-state index in [-0.39, 0.29) is 34.3 Å². The van der Waals surface area contributed by atoms with Gasteiger partial charge in [-0.1, -0.05) is 102 Å². The number of rotatable bonds is 4. The molecule has 6 nitrogen and oxygen atoms in total. The summed E-state index contributed by atoms with van der Waals surface area (Å²) in [6.45, 7) is 14.6. The Hall–Kier alpha value is -3.77. The number of phenols is 1. The van der Waals surface area contributed by atoms with Gasteiger partial charge >= 0.3 is 0 Å².